The van der Waals surface area contributed by atoms with E-state index in [1.807, 2.05) is 6.92 Å². The van der Waals surface area contributed by atoms with E-state index < -0.39 is 17.2 Å². The summed E-state index contributed by atoms with van der Waals surface area (Å²) in [6.07, 6.45) is 13.9. The standard InChI is InChI=1S/C24H32F2N4O/c1-18(29-11-9-20(10-12-29)13-19-5-3-2-4-6-19)24(31,15-30-17-27-16-28-30)22-8-7-21(25)14-23(22)26/h7-8,13-14,16-19,31H,2-6,9-12,15H2,1H3/t18-,24-/m0/s1. The maximum absolute atomic E-state index is 14.8. The number of hydrogen-bond donors (Lipinski definition) is 1. The molecule has 0 unspecified atom stereocenters. The van der Waals surface area contributed by atoms with E-state index in [2.05, 4.69) is 21.1 Å². The van der Waals surface area contributed by atoms with E-state index in [1.165, 1.54) is 67.1 Å². The van der Waals surface area contributed by atoms with Crippen molar-refractivity contribution < 1.29 is 13.9 Å². The van der Waals surface area contributed by atoms with Crippen LogP contribution in [0.3, 0.4) is 0 Å². The molecule has 2 atom stereocenters. The lowest BCUT2D eigenvalue weighted by Crippen LogP contribution is -2.53. The van der Waals surface area contributed by atoms with Crippen molar-refractivity contribution in [3.05, 3.63) is 59.7 Å². The number of benzene rings is 1. The Balaban J connectivity index is 1.52. The van der Waals surface area contributed by atoms with Crippen LogP contribution in [-0.2, 0) is 12.1 Å². The average molecular weight is 431 g/mol. The molecule has 2 aromatic rings. The van der Waals surface area contributed by atoms with Gasteiger partial charge in [-0.3, -0.25) is 4.90 Å². The van der Waals surface area contributed by atoms with Gasteiger partial charge in [0.2, 0.25) is 0 Å². The number of halogens is 2. The summed E-state index contributed by atoms with van der Waals surface area (Å²) >= 11 is 0. The molecule has 168 valence electrons. The molecule has 0 bridgehead atoms. The quantitative estimate of drug-likeness (QED) is 0.689. The molecule has 1 aliphatic carbocycles. The first-order chi connectivity index (χ1) is 15.0. The Morgan fingerprint density at radius 1 is 1.19 bits per heavy atom. The average Bonchev–Trinajstić information content (AvgIpc) is 3.27. The molecule has 5 nitrogen and oxygen atoms in total. The van der Waals surface area contributed by atoms with Crippen molar-refractivity contribution in [2.45, 2.75) is 70.1 Å². The van der Waals surface area contributed by atoms with Crippen LogP contribution in [0.15, 0.2) is 42.5 Å². The third-order valence-electron chi connectivity index (χ3n) is 7.07. The van der Waals surface area contributed by atoms with Gasteiger partial charge in [-0.05, 0) is 44.6 Å². The van der Waals surface area contributed by atoms with E-state index in [4.69, 9.17) is 0 Å². The lowest BCUT2D eigenvalue weighted by Gasteiger charge is -2.43. The molecule has 0 spiro atoms. The normalized spacial score (nSPS) is 21.6. The van der Waals surface area contributed by atoms with E-state index in [1.54, 1.807) is 0 Å². The topological polar surface area (TPSA) is 54.2 Å². The van der Waals surface area contributed by atoms with Crippen molar-refractivity contribution in [2.75, 3.05) is 13.1 Å². The Morgan fingerprint density at radius 2 is 1.94 bits per heavy atom. The number of rotatable bonds is 6. The number of allylic oxidation sites excluding steroid dienone is 1. The Morgan fingerprint density at radius 3 is 2.58 bits per heavy atom. The Bertz CT molecular complexity index is 885. The van der Waals surface area contributed by atoms with Crippen molar-refractivity contribution >= 4 is 0 Å². The Kier molecular flexibility index (Phi) is 6.82. The van der Waals surface area contributed by atoms with Gasteiger partial charge >= 0.3 is 0 Å². The molecule has 2 aliphatic rings. The summed E-state index contributed by atoms with van der Waals surface area (Å²) in [6.45, 7) is 3.57. The van der Waals surface area contributed by atoms with E-state index in [0.29, 0.717) is 5.92 Å². The highest BCUT2D eigenvalue weighted by molar-refractivity contribution is 5.27. The molecule has 4 rings (SSSR count). The van der Waals surface area contributed by atoms with Crippen LogP contribution >= 0.6 is 0 Å². The van der Waals surface area contributed by atoms with Gasteiger partial charge in [0, 0.05) is 30.8 Å². The van der Waals surface area contributed by atoms with E-state index >= 15 is 0 Å². The first-order valence-electron chi connectivity index (χ1n) is 11.4. The lowest BCUT2D eigenvalue weighted by molar-refractivity contribution is -0.0657. The molecule has 1 aromatic heterocycles. The van der Waals surface area contributed by atoms with Gasteiger partial charge < -0.3 is 5.11 Å². The maximum Gasteiger partial charge on any atom is 0.137 e. The number of nitrogens with zero attached hydrogens (tertiary/aromatic N) is 4. The van der Waals surface area contributed by atoms with Crippen molar-refractivity contribution in [1.82, 2.24) is 19.7 Å². The third-order valence-corrected chi connectivity index (χ3v) is 7.07. The van der Waals surface area contributed by atoms with Crippen molar-refractivity contribution in [2.24, 2.45) is 5.92 Å². The van der Waals surface area contributed by atoms with Crippen LogP contribution in [0.25, 0.3) is 0 Å². The van der Waals surface area contributed by atoms with Gasteiger partial charge in [0.05, 0.1) is 6.54 Å². The van der Waals surface area contributed by atoms with E-state index in [-0.39, 0.29) is 18.2 Å². The molecule has 2 fully saturated rings. The molecule has 1 saturated carbocycles. The first-order valence-corrected chi connectivity index (χ1v) is 11.4. The smallest absolute Gasteiger partial charge is 0.137 e. The number of aliphatic hydroxyl groups is 1. The van der Waals surface area contributed by atoms with Crippen LogP contribution in [0.2, 0.25) is 0 Å². The number of likely N-dealkylation sites (tertiary alicyclic amines) is 1. The van der Waals surface area contributed by atoms with Crippen molar-refractivity contribution in [1.29, 1.82) is 0 Å². The van der Waals surface area contributed by atoms with Gasteiger partial charge in [-0.2, -0.15) is 5.10 Å². The molecule has 1 N–H and O–H groups in total. The lowest BCUT2D eigenvalue weighted by atomic mass is 9.83. The zero-order valence-electron chi connectivity index (χ0n) is 18.2. The van der Waals surface area contributed by atoms with Crippen LogP contribution in [0, 0.1) is 17.6 Å². The first kappa shape index (κ1) is 22.1. The second-order valence-electron chi connectivity index (χ2n) is 9.08. The number of piperidine rings is 1. The molecular formula is C24H32F2N4O. The Hall–Kier alpha value is -2.12. The summed E-state index contributed by atoms with van der Waals surface area (Å²) in [6, 6.07) is 2.98. The van der Waals surface area contributed by atoms with Gasteiger partial charge in [-0.25, -0.2) is 18.4 Å². The zero-order chi connectivity index (χ0) is 21.8. The van der Waals surface area contributed by atoms with Gasteiger partial charge in [0.25, 0.3) is 0 Å². The Labute approximate surface area is 182 Å². The summed E-state index contributed by atoms with van der Waals surface area (Å²) in [5.74, 6) is -0.692. The molecule has 1 saturated heterocycles. The van der Waals surface area contributed by atoms with Crippen molar-refractivity contribution in [3.63, 3.8) is 0 Å². The van der Waals surface area contributed by atoms with E-state index in [0.717, 1.165) is 32.0 Å². The van der Waals surface area contributed by atoms with Crippen molar-refractivity contribution in [3.8, 4) is 0 Å². The van der Waals surface area contributed by atoms with Crippen LogP contribution in [-0.4, -0.2) is 43.9 Å². The van der Waals surface area contributed by atoms with Crippen LogP contribution in [0.4, 0.5) is 8.78 Å². The number of hydrogen-bond acceptors (Lipinski definition) is 4. The highest BCUT2D eigenvalue weighted by Crippen LogP contribution is 2.35. The predicted molar refractivity (Wildman–Crippen MR) is 115 cm³/mol. The summed E-state index contributed by atoms with van der Waals surface area (Å²) in [5.41, 5.74) is 0.0133. The van der Waals surface area contributed by atoms with Crippen LogP contribution < -0.4 is 0 Å². The molecule has 1 aliphatic heterocycles. The van der Waals surface area contributed by atoms with E-state index in [9.17, 15) is 13.9 Å². The monoisotopic (exact) mass is 430 g/mol. The van der Waals surface area contributed by atoms with Crippen LogP contribution in [0.1, 0.15) is 57.4 Å². The van der Waals surface area contributed by atoms with Crippen LogP contribution in [0.5, 0.6) is 0 Å². The zero-order valence-corrected chi connectivity index (χ0v) is 18.2. The molecule has 1 aromatic carbocycles. The van der Waals surface area contributed by atoms with Gasteiger partial charge in [0.15, 0.2) is 0 Å². The SMILES string of the molecule is C[C@H](N1CCC(=CC2CCCCC2)CC1)[C@@](O)(Cn1cncn1)c1ccc(F)cc1F. The molecule has 31 heavy (non-hydrogen) atoms. The van der Waals surface area contributed by atoms with Gasteiger partial charge in [-0.1, -0.05) is 37.0 Å². The largest absolute Gasteiger partial charge is 0.381 e. The molecule has 0 amide bonds. The second-order valence-corrected chi connectivity index (χ2v) is 9.08. The highest BCUT2D eigenvalue weighted by Gasteiger charge is 2.42. The fraction of sp³-hybridized carbons (Fsp3) is 0.583. The van der Waals surface area contributed by atoms with Gasteiger partial charge in [0.1, 0.15) is 29.9 Å². The molecule has 2 heterocycles. The fourth-order valence-corrected chi connectivity index (χ4v) is 5.15. The summed E-state index contributed by atoms with van der Waals surface area (Å²) < 4.78 is 29.8. The second kappa shape index (κ2) is 9.57. The fourth-order valence-electron chi connectivity index (χ4n) is 5.15. The summed E-state index contributed by atoms with van der Waals surface area (Å²) in [5, 5.41) is 15.9. The van der Waals surface area contributed by atoms with Gasteiger partial charge in [-0.15, -0.1) is 0 Å². The molecule has 0 radical (unpaired) electrons. The highest BCUT2D eigenvalue weighted by atomic mass is 19.1. The minimum atomic E-state index is -1.57. The summed E-state index contributed by atoms with van der Waals surface area (Å²) in [4.78, 5) is 6.15. The minimum absolute atomic E-state index is 0.0397. The molecule has 7 heteroatoms. The molecular weight excluding hydrogens is 398 g/mol. The maximum atomic E-state index is 14.8. The third kappa shape index (κ3) is 5.04. The minimum Gasteiger partial charge on any atom is -0.381 e. The predicted octanol–water partition coefficient (Wildman–Crippen LogP) is 4.44. The summed E-state index contributed by atoms with van der Waals surface area (Å²) in [7, 11) is 0. The number of aromatic nitrogens is 3.